The van der Waals surface area contributed by atoms with E-state index in [1.165, 1.54) is 4.31 Å². The first-order valence-electron chi connectivity index (χ1n) is 7.11. The van der Waals surface area contributed by atoms with Gasteiger partial charge in [0.25, 0.3) is 0 Å². The molecule has 1 atom stereocenters. The maximum Gasteiger partial charge on any atom is 0.243 e. The Balaban J connectivity index is 3.25. The van der Waals surface area contributed by atoms with E-state index in [9.17, 15) is 8.42 Å². The van der Waals surface area contributed by atoms with Crippen LogP contribution in [0, 0.1) is 0 Å². The second kappa shape index (κ2) is 8.17. The van der Waals surface area contributed by atoms with E-state index < -0.39 is 10.0 Å². The molecule has 4 nitrogen and oxygen atoms in total. The Kier molecular flexibility index (Phi) is 7.20. The number of rotatable bonds is 8. The lowest BCUT2D eigenvalue weighted by Gasteiger charge is -2.25. The zero-order valence-electron chi connectivity index (χ0n) is 13.5. The molecule has 0 aliphatic heterocycles. The minimum absolute atomic E-state index is 0.0253. The molecule has 1 rings (SSSR count). The van der Waals surface area contributed by atoms with E-state index >= 15 is 0 Å². The van der Waals surface area contributed by atoms with Crippen molar-refractivity contribution in [1.82, 2.24) is 9.62 Å². The molecule has 0 aliphatic rings. The zero-order chi connectivity index (χ0) is 16.0. The van der Waals surface area contributed by atoms with Crippen LogP contribution in [0.15, 0.2) is 23.1 Å². The minimum Gasteiger partial charge on any atom is -0.316 e. The second-order valence-corrected chi connectivity index (χ2v) is 8.03. The number of nitrogens with zero attached hydrogens (tertiary/aromatic N) is 1. The summed E-state index contributed by atoms with van der Waals surface area (Å²) < 4.78 is 27.2. The number of hydrogen-bond donors (Lipinski definition) is 1. The van der Waals surface area contributed by atoms with Gasteiger partial charge in [-0.05, 0) is 43.8 Å². The normalized spacial score (nSPS) is 13.6. The fourth-order valence-corrected chi connectivity index (χ4v) is 4.69. The molecule has 0 heterocycles. The summed E-state index contributed by atoms with van der Waals surface area (Å²) in [6.45, 7) is 4.59. The highest BCUT2D eigenvalue weighted by Crippen LogP contribution is 2.24. The Bertz CT molecular complexity index is 559. The molecule has 0 saturated heterocycles. The molecule has 1 aromatic rings. The Morgan fingerprint density at radius 1 is 1.38 bits per heavy atom. The maximum absolute atomic E-state index is 12.9. The van der Waals surface area contributed by atoms with Crippen molar-refractivity contribution in [2.24, 2.45) is 0 Å². The largest absolute Gasteiger partial charge is 0.316 e. The molecule has 1 N–H and O–H groups in total. The molecule has 6 heteroatoms. The van der Waals surface area contributed by atoms with E-state index in [0.717, 1.165) is 16.9 Å². The Morgan fingerprint density at radius 2 is 2.05 bits per heavy atom. The smallest absolute Gasteiger partial charge is 0.243 e. The highest BCUT2D eigenvalue weighted by molar-refractivity contribution is 7.98. The summed E-state index contributed by atoms with van der Waals surface area (Å²) >= 11 is 1.65. The van der Waals surface area contributed by atoms with Crippen LogP contribution in [-0.4, -0.2) is 44.9 Å². The Hall–Kier alpha value is -0.560. The SMILES string of the molecule is CCc1ccc(CNC)cc1S(=O)(=O)N(C)C(C)CSC. The van der Waals surface area contributed by atoms with E-state index in [1.807, 2.05) is 39.3 Å². The van der Waals surface area contributed by atoms with E-state index in [-0.39, 0.29) is 6.04 Å². The molecule has 1 unspecified atom stereocenters. The average molecular weight is 331 g/mol. The van der Waals surface area contributed by atoms with Gasteiger partial charge in [-0.25, -0.2) is 8.42 Å². The average Bonchev–Trinajstić information content (AvgIpc) is 2.47. The molecule has 0 fully saturated rings. The van der Waals surface area contributed by atoms with Crippen LogP contribution in [0.1, 0.15) is 25.0 Å². The van der Waals surface area contributed by atoms with Crippen molar-refractivity contribution in [2.75, 3.05) is 26.1 Å². The topological polar surface area (TPSA) is 49.4 Å². The molecule has 0 aromatic heterocycles. The van der Waals surface area contributed by atoms with Crippen molar-refractivity contribution in [2.45, 2.75) is 37.8 Å². The summed E-state index contributed by atoms with van der Waals surface area (Å²) in [6, 6.07) is 5.68. The predicted molar refractivity (Wildman–Crippen MR) is 91.4 cm³/mol. The fraction of sp³-hybridized carbons (Fsp3) is 0.600. The van der Waals surface area contributed by atoms with Crippen LogP contribution in [0.25, 0.3) is 0 Å². The van der Waals surface area contributed by atoms with Gasteiger partial charge in [-0.1, -0.05) is 19.1 Å². The van der Waals surface area contributed by atoms with Gasteiger partial charge in [0.1, 0.15) is 0 Å². The number of thioether (sulfide) groups is 1. The Labute approximate surface area is 133 Å². The van der Waals surface area contributed by atoms with E-state index in [2.05, 4.69) is 5.32 Å². The highest BCUT2D eigenvalue weighted by atomic mass is 32.2. The lowest BCUT2D eigenvalue weighted by molar-refractivity contribution is 0.414. The van der Waals surface area contributed by atoms with Crippen molar-refractivity contribution in [3.8, 4) is 0 Å². The predicted octanol–water partition coefficient (Wildman–Crippen LogP) is 2.34. The van der Waals surface area contributed by atoms with Gasteiger partial charge in [0.15, 0.2) is 0 Å². The van der Waals surface area contributed by atoms with Gasteiger partial charge in [-0.15, -0.1) is 0 Å². The van der Waals surface area contributed by atoms with Gasteiger partial charge in [0.05, 0.1) is 4.90 Å². The third-order valence-corrected chi connectivity index (χ3v) is 6.45. The lowest BCUT2D eigenvalue weighted by atomic mass is 10.1. The standard InChI is InChI=1S/C15H26N2O2S2/c1-6-14-8-7-13(10-16-3)9-15(14)21(18,19)17(4)12(2)11-20-5/h7-9,12,16H,6,10-11H2,1-5H3. The summed E-state index contributed by atoms with van der Waals surface area (Å²) in [4.78, 5) is 0.438. The summed E-state index contributed by atoms with van der Waals surface area (Å²) in [7, 11) is 0.0710. The van der Waals surface area contributed by atoms with E-state index in [4.69, 9.17) is 0 Å². The molecule has 0 bridgehead atoms. The van der Waals surface area contributed by atoms with Crippen molar-refractivity contribution < 1.29 is 8.42 Å². The van der Waals surface area contributed by atoms with Crippen LogP contribution < -0.4 is 5.32 Å². The Morgan fingerprint density at radius 3 is 2.57 bits per heavy atom. The van der Waals surface area contributed by atoms with Gasteiger partial charge in [-0.2, -0.15) is 16.1 Å². The van der Waals surface area contributed by atoms with Crippen molar-refractivity contribution in [3.05, 3.63) is 29.3 Å². The molecule has 0 radical (unpaired) electrons. The molecule has 120 valence electrons. The number of aryl methyl sites for hydroxylation is 1. The fourth-order valence-electron chi connectivity index (χ4n) is 2.18. The zero-order valence-corrected chi connectivity index (χ0v) is 15.1. The monoisotopic (exact) mass is 330 g/mol. The van der Waals surface area contributed by atoms with Crippen LogP contribution in [-0.2, 0) is 23.0 Å². The molecule has 0 amide bonds. The van der Waals surface area contributed by atoms with E-state index in [0.29, 0.717) is 17.9 Å². The third-order valence-electron chi connectivity index (χ3n) is 3.58. The summed E-state index contributed by atoms with van der Waals surface area (Å²) in [6.07, 6.45) is 2.70. The molecular weight excluding hydrogens is 304 g/mol. The van der Waals surface area contributed by atoms with Crippen LogP contribution in [0.2, 0.25) is 0 Å². The van der Waals surface area contributed by atoms with Gasteiger partial charge in [-0.3, -0.25) is 0 Å². The third kappa shape index (κ3) is 4.45. The minimum atomic E-state index is -3.45. The lowest BCUT2D eigenvalue weighted by Crippen LogP contribution is -2.37. The van der Waals surface area contributed by atoms with Gasteiger partial charge < -0.3 is 5.32 Å². The van der Waals surface area contributed by atoms with Crippen LogP contribution >= 0.6 is 11.8 Å². The first-order valence-corrected chi connectivity index (χ1v) is 9.95. The number of hydrogen-bond acceptors (Lipinski definition) is 4. The molecule has 0 spiro atoms. The summed E-state index contributed by atoms with van der Waals surface area (Å²) in [5.74, 6) is 0.785. The van der Waals surface area contributed by atoms with Gasteiger partial charge in [0.2, 0.25) is 10.0 Å². The van der Waals surface area contributed by atoms with Crippen molar-refractivity contribution >= 4 is 21.8 Å². The van der Waals surface area contributed by atoms with Crippen molar-refractivity contribution in [3.63, 3.8) is 0 Å². The van der Waals surface area contributed by atoms with Crippen molar-refractivity contribution in [1.29, 1.82) is 0 Å². The first kappa shape index (κ1) is 18.5. The van der Waals surface area contributed by atoms with E-state index in [1.54, 1.807) is 24.9 Å². The summed E-state index contributed by atoms with van der Waals surface area (Å²) in [5.41, 5.74) is 1.86. The summed E-state index contributed by atoms with van der Waals surface area (Å²) in [5, 5.41) is 3.06. The second-order valence-electron chi connectivity index (χ2n) is 5.15. The van der Waals surface area contributed by atoms with Crippen LogP contribution in [0.5, 0.6) is 0 Å². The first-order chi connectivity index (χ1) is 9.88. The quantitative estimate of drug-likeness (QED) is 0.795. The van der Waals surface area contributed by atoms with Crippen LogP contribution in [0.3, 0.4) is 0 Å². The molecule has 0 aliphatic carbocycles. The number of benzene rings is 1. The number of sulfonamides is 1. The maximum atomic E-state index is 12.9. The van der Waals surface area contributed by atoms with Gasteiger partial charge in [0, 0.05) is 25.4 Å². The number of nitrogens with one attached hydrogen (secondary N) is 1. The molecule has 0 saturated carbocycles. The highest BCUT2D eigenvalue weighted by Gasteiger charge is 2.27. The molecule has 1 aromatic carbocycles. The van der Waals surface area contributed by atoms with Gasteiger partial charge >= 0.3 is 0 Å². The molecular formula is C15H26N2O2S2. The van der Waals surface area contributed by atoms with Crippen LogP contribution in [0.4, 0.5) is 0 Å². The molecule has 21 heavy (non-hydrogen) atoms.